The smallest absolute Gasteiger partial charge is 0.338 e. The van der Waals surface area contributed by atoms with E-state index in [2.05, 4.69) is 56.9 Å². The van der Waals surface area contributed by atoms with Crippen LogP contribution in [0.2, 0.25) is 0 Å². The quantitative estimate of drug-likeness (QED) is 0.232. The van der Waals surface area contributed by atoms with Crippen molar-refractivity contribution < 1.29 is 9.53 Å². The second-order valence-corrected chi connectivity index (χ2v) is 11.5. The van der Waals surface area contributed by atoms with E-state index in [0.29, 0.717) is 26.5 Å². The lowest BCUT2D eigenvalue weighted by molar-refractivity contribution is -0.138. The highest BCUT2D eigenvalue weighted by molar-refractivity contribution is 7.07. The molecule has 7 heteroatoms. The van der Waals surface area contributed by atoms with Gasteiger partial charge in [0.1, 0.15) is 0 Å². The fourth-order valence-electron chi connectivity index (χ4n) is 5.34. The Bertz CT molecular complexity index is 1760. The summed E-state index contributed by atoms with van der Waals surface area (Å²) in [6.07, 6.45) is 1.91. The van der Waals surface area contributed by atoms with Crippen molar-refractivity contribution in [2.45, 2.75) is 46.6 Å². The molecule has 4 aromatic rings. The molecule has 2 heterocycles. The van der Waals surface area contributed by atoms with Crippen LogP contribution in [0.15, 0.2) is 94.2 Å². The summed E-state index contributed by atoms with van der Waals surface area (Å²) in [7, 11) is 0. The monoisotopic (exact) mass is 579 g/mol. The molecule has 0 amide bonds. The average molecular weight is 580 g/mol. The molecule has 216 valence electrons. The molecule has 0 fully saturated rings. The van der Waals surface area contributed by atoms with Crippen molar-refractivity contribution in [3.63, 3.8) is 0 Å². The molecule has 0 saturated carbocycles. The number of thiazole rings is 1. The van der Waals surface area contributed by atoms with Crippen molar-refractivity contribution in [2.75, 3.05) is 24.6 Å². The average Bonchev–Trinajstić information content (AvgIpc) is 3.32. The van der Waals surface area contributed by atoms with Crippen LogP contribution in [-0.4, -0.2) is 30.2 Å². The summed E-state index contributed by atoms with van der Waals surface area (Å²) in [6.45, 7) is 12.4. The van der Waals surface area contributed by atoms with Gasteiger partial charge < -0.3 is 9.64 Å². The number of rotatable bonds is 9. The van der Waals surface area contributed by atoms with Gasteiger partial charge in [-0.05, 0) is 61.6 Å². The second-order valence-electron chi connectivity index (χ2n) is 10.5. The standard InChI is InChI=1S/C35H37N3O3S/c1-6-37(7-2)28-20-14-24(15-21-28)22-29-33(39)38-32(27-18-16-25(17-19-27)23(4)5)30(34(40)41-8-3)31(36-35(38)42-29)26-12-10-9-11-13-26/h9-23,32H,6-8H2,1-5H3/b29-22-/t32-/m1/s1. The normalized spacial score (nSPS) is 15.0. The molecule has 0 radical (unpaired) electrons. The first-order valence-electron chi connectivity index (χ1n) is 14.6. The Morgan fingerprint density at radius 3 is 2.24 bits per heavy atom. The zero-order valence-corrected chi connectivity index (χ0v) is 25.7. The molecule has 0 spiro atoms. The SMILES string of the molecule is CCOC(=O)C1=C(c2ccccc2)N=c2s/c(=C\c3ccc(N(CC)CC)cc3)c(=O)n2[C@@H]1c1ccc(C(C)C)cc1. The van der Waals surface area contributed by atoms with Crippen LogP contribution >= 0.6 is 11.3 Å². The van der Waals surface area contributed by atoms with Gasteiger partial charge in [-0.3, -0.25) is 9.36 Å². The molecule has 0 saturated heterocycles. The summed E-state index contributed by atoms with van der Waals surface area (Å²) in [6, 6.07) is 25.4. The van der Waals surface area contributed by atoms with E-state index < -0.39 is 12.0 Å². The van der Waals surface area contributed by atoms with Gasteiger partial charge in [-0.2, -0.15) is 0 Å². The lowest BCUT2D eigenvalue weighted by Crippen LogP contribution is -2.40. The lowest BCUT2D eigenvalue weighted by atomic mass is 9.91. The van der Waals surface area contributed by atoms with E-state index in [0.717, 1.165) is 35.5 Å². The van der Waals surface area contributed by atoms with Crippen molar-refractivity contribution >= 4 is 34.8 Å². The van der Waals surface area contributed by atoms with Gasteiger partial charge in [-0.1, -0.05) is 91.9 Å². The minimum Gasteiger partial charge on any atom is -0.463 e. The topological polar surface area (TPSA) is 63.9 Å². The Morgan fingerprint density at radius 2 is 1.64 bits per heavy atom. The third-order valence-electron chi connectivity index (χ3n) is 7.61. The van der Waals surface area contributed by atoms with Crippen molar-refractivity contribution in [1.29, 1.82) is 0 Å². The van der Waals surface area contributed by atoms with Crippen LogP contribution in [-0.2, 0) is 9.53 Å². The summed E-state index contributed by atoms with van der Waals surface area (Å²) in [5.74, 6) is -0.117. The van der Waals surface area contributed by atoms with Gasteiger partial charge >= 0.3 is 5.97 Å². The molecule has 0 bridgehead atoms. The largest absolute Gasteiger partial charge is 0.463 e. The molecule has 5 rings (SSSR count). The zero-order valence-electron chi connectivity index (χ0n) is 24.8. The van der Waals surface area contributed by atoms with Crippen LogP contribution in [0.5, 0.6) is 0 Å². The van der Waals surface area contributed by atoms with Crippen molar-refractivity contribution in [2.24, 2.45) is 4.99 Å². The number of benzene rings is 3. The zero-order chi connectivity index (χ0) is 29.8. The first-order valence-corrected chi connectivity index (χ1v) is 15.4. The molecule has 6 nitrogen and oxygen atoms in total. The Kier molecular flexibility index (Phi) is 8.88. The summed E-state index contributed by atoms with van der Waals surface area (Å²) < 4.78 is 7.79. The molecular formula is C35H37N3O3S. The number of hydrogen-bond acceptors (Lipinski definition) is 6. The van der Waals surface area contributed by atoms with Gasteiger partial charge in [-0.15, -0.1) is 0 Å². The summed E-state index contributed by atoms with van der Waals surface area (Å²) in [5.41, 5.74) is 5.61. The van der Waals surface area contributed by atoms with Gasteiger partial charge in [0.25, 0.3) is 5.56 Å². The van der Waals surface area contributed by atoms with E-state index in [1.54, 1.807) is 11.5 Å². The van der Waals surface area contributed by atoms with Crippen molar-refractivity contribution in [3.05, 3.63) is 126 Å². The molecule has 1 atom stereocenters. The summed E-state index contributed by atoms with van der Waals surface area (Å²) in [4.78, 5) is 35.5. The molecule has 0 unspecified atom stereocenters. The third-order valence-corrected chi connectivity index (χ3v) is 8.59. The maximum Gasteiger partial charge on any atom is 0.338 e. The predicted octanol–water partition coefficient (Wildman–Crippen LogP) is 5.91. The number of hydrogen-bond donors (Lipinski definition) is 0. The number of anilines is 1. The maximum atomic E-state index is 14.1. The van der Waals surface area contributed by atoms with E-state index in [1.807, 2.05) is 60.7 Å². The minimum atomic E-state index is -0.677. The van der Waals surface area contributed by atoms with Crippen LogP contribution in [0.3, 0.4) is 0 Å². The Balaban J connectivity index is 1.73. The van der Waals surface area contributed by atoms with Crippen LogP contribution < -0.4 is 19.8 Å². The van der Waals surface area contributed by atoms with Gasteiger partial charge in [0.2, 0.25) is 0 Å². The predicted molar refractivity (Wildman–Crippen MR) is 172 cm³/mol. The number of ether oxygens (including phenoxy) is 1. The van der Waals surface area contributed by atoms with Crippen molar-refractivity contribution in [1.82, 2.24) is 4.57 Å². The molecule has 1 aliphatic rings. The molecule has 1 aliphatic heterocycles. The van der Waals surface area contributed by atoms with Gasteiger partial charge in [0, 0.05) is 24.3 Å². The van der Waals surface area contributed by atoms with Gasteiger partial charge in [0.05, 0.1) is 28.5 Å². The first kappa shape index (κ1) is 29.3. The number of aromatic nitrogens is 1. The molecule has 42 heavy (non-hydrogen) atoms. The van der Waals surface area contributed by atoms with E-state index in [-0.39, 0.29) is 12.2 Å². The highest BCUT2D eigenvalue weighted by Gasteiger charge is 2.35. The Labute approximate surface area is 250 Å². The second kappa shape index (κ2) is 12.7. The third kappa shape index (κ3) is 5.74. The number of carbonyl (C=O) groups excluding carboxylic acids is 1. The molecule has 3 aromatic carbocycles. The van der Waals surface area contributed by atoms with Crippen LogP contribution in [0, 0.1) is 0 Å². The van der Waals surface area contributed by atoms with E-state index >= 15 is 0 Å². The summed E-state index contributed by atoms with van der Waals surface area (Å²) >= 11 is 1.34. The summed E-state index contributed by atoms with van der Waals surface area (Å²) in [5, 5.41) is 0. The molecular weight excluding hydrogens is 542 g/mol. The minimum absolute atomic E-state index is 0.182. The highest BCUT2D eigenvalue weighted by atomic mass is 32.1. The number of carbonyl (C=O) groups is 1. The van der Waals surface area contributed by atoms with Crippen molar-refractivity contribution in [3.8, 4) is 0 Å². The highest BCUT2D eigenvalue weighted by Crippen LogP contribution is 2.35. The lowest BCUT2D eigenvalue weighted by Gasteiger charge is -2.26. The number of fused-ring (bicyclic) bond motifs is 1. The maximum absolute atomic E-state index is 14.1. The first-order chi connectivity index (χ1) is 20.4. The fourth-order valence-corrected chi connectivity index (χ4v) is 6.34. The Morgan fingerprint density at radius 1 is 0.976 bits per heavy atom. The number of esters is 1. The number of nitrogens with zero attached hydrogens (tertiary/aromatic N) is 3. The molecule has 0 aliphatic carbocycles. The van der Waals surface area contributed by atoms with E-state index in [1.165, 1.54) is 16.9 Å². The van der Waals surface area contributed by atoms with Crippen LogP contribution in [0.25, 0.3) is 11.8 Å². The van der Waals surface area contributed by atoms with E-state index in [9.17, 15) is 9.59 Å². The molecule has 0 N–H and O–H groups in total. The molecule has 1 aromatic heterocycles. The fraction of sp³-hybridized carbons (Fsp3) is 0.286. The van der Waals surface area contributed by atoms with Crippen LogP contribution in [0.4, 0.5) is 5.69 Å². The van der Waals surface area contributed by atoms with Gasteiger partial charge in [-0.25, -0.2) is 9.79 Å². The van der Waals surface area contributed by atoms with E-state index in [4.69, 9.17) is 9.73 Å². The van der Waals surface area contributed by atoms with Crippen LogP contribution in [0.1, 0.15) is 68.8 Å². The van der Waals surface area contributed by atoms with Gasteiger partial charge in [0.15, 0.2) is 4.80 Å². The Hall–Kier alpha value is -4.23.